The molecule has 20 heavy (non-hydrogen) atoms. The Hall–Kier alpha value is -0.770. The Kier molecular flexibility index (Phi) is 4.49. The van der Waals surface area contributed by atoms with Gasteiger partial charge in [-0.1, -0.05) is 17.7 Å². The van der Waals surface area contributed by atoms with E-state index in [4.69, 9.17) is 11.6 Å². The lowest BCUT2D eigenvalue weighted by Crippen LogP contribution is -2.38. The molecule has 1 aromatic rings. The van der Waals surface area contributed by atoms with Gasteiger partial charge in [-0.05, 0) is 55.8 Å². The van der Waals surface area contributed by atoms with Crippen molar-refractivity contribution in [1.82, 2.24) is 10.2 Å². The van der Waals surface area contributed by atoms with E-state index in [2.05, 4.69) is 10.2 Å². The van der Waals surface area contributed by atoms with Crippen LogP contribution in [0.1, 0.15) is 31.2 Å². The summed E-state index contributed by atoms with van der Waals surface area (Å²) in [4.78, 5) is 2.55. The highest BCUT2D eigenvalue weighted by Gasteiger charge is 2.26. The van der Waals surface area contributed by atoms with Crippen molar-refractivity contribution in [3.05, 3.63) is 28.8 Å². The van der Waals surface area contributed by atoms with Gasteiger partial charge in [-0.25, -0.2) is 0 Å². The number of hydrogen-bond donors (Lipinski definition) is 2. The second-order valence-corrected chi connectivity index (χ2v) is 6.62. The average molecular weight is 295 g/mol. The van der Waals surface area contributed by atoms with E-state index in [-0.39, 0.29) is 5.75 Å². The predicted octanol–water partition coefficient (Wildman–Crippen LogP) is 3.01. The number of phenolic OH excluding ortho intramolecular Hbond substituents is 1. The van der Waals surface area contributed by atoms with E-state index in [1.54, 1.807) is 6.07 Å². The lowest BCUT2D eigenvalue weighted by Gasteiger charge is -2.26. The van der Waals surface area contributed by atoms with Crippen molar-refractivity contribution < 1.29 is 5.11 Å². The van der Waals surface area contributed by atoms with Crippen LogP contribution in [0.15, 0.2) is 18.2 Å². The van der Waals surface area contributed by atoms with E-state index in [1.807, 2.05) is 12.1 Å². The zero-order valence-corrected chi connectivity index (χ0v) is 12.6. The summed E-state index contributed by atoms with van der Waals surface area (Å²) >= 11 is 6.00. The van der Waals surface area contributed by atoms with Crippen LogP contribution in [0.2, 0.25) is 5.02 Å². The fraction of sp³-hybridized carbons (Fsp3) is 0.625. The summed E-state index contributed by atoms with van der Waals surface area (Å²) in [6.07, 6.45) is 5.35. The first kappa shape index (κ1) is 14.2. The summed E-state index contributed by atoms with van der Waals surface area (Å²) in [5.41, 5.74) is 1.19. The molecule has 0 aromatic heterocycles. The summed E-state index contributed by atoms with van der Waals surface area (Å²) in [5.74, 6) is 1.06. The number of nitrogens with one attached hydrogen (secondary N) is 1. The smallest absolute Gasteiger partial charge is 0.134 e. The normalized spacial score (nSPS) is 22.6. The zero-order chi connectivity index (χ0) is 13.9. The quantitative estimate of drug-likeness (QED) is 0.846. The molecule has 0 amide bonds. The molecule has 1 atom stereocenters. The van der Waals surface area contributed by atoms with Crippen molar-refractivity contribution >= 4 is 11.6 Å². The van der Waals surface area contributed by atoms with Crippen LogP contribution >= 0.6 is 11.6 Å². The molecule has 1 saturated heterocycles. The lowest BCUT2D eigenvalue weighted by molar-refractivity contribution is 0.232. The van der Waals surface area contributed by atoms with Gasteiger partial charge in [-0.15, -0.1) is 0 Å². The molecule has 1 unspecified atom stereocenters. The Morgan fingerprint density at radius 1 is 1.25 bits per heavy atom. The van der Waals surface area contributed by atoms with E-state index >= 15 is 0 Å². The lowest BCUT2D eigenvalue weighted by atomic mass is 10.1. The zero-order valence-electron chi connectivity index (χ0n) is 11.8. The Balaban J connectivity index is 1.62. The highest BCUT2D eigenvalue weighted by atomic mass is 35.5. The molecule has 0 bridgehead atoms. The minimum atomic E-state index is 0.168. The monoisotopic (exact) mass is 294 g/mol. The highest BCUT2D eigenvalue weighted by Crippen LogP contribution is 2.31. The molecular formula is C16H23ClN2O. The summed E-state index contributed by atoms with van der Waals surface area (Å²) in [5, 5.41) is 13.5. The molecule has 4 heteroatoms. The van der Waals surface area contributed by atoms with Gasteiger partial charge in [-0.3, -0.25) is 4.90 Å². The van der Waals surface area contributed by atoms with E-state index in [0.717, 1.165) is 25.6 Å². The van der Waals surface area contributed by atoms with Gasteiger partial charge >= 0.3 is 0 Å². The molecule has 1 aromatic carbocycles. The van der Waals surface area contributed by atoms with Gasteiger partial charge in [0, 0.05) is 25.7 Å². The predicted molar refractivity (Wildman–Crippen MR) is 82.1 cm³/mol. The van der Waals surface area contributed by atoms with Gasteiger partial charge in [0.1, 0.15) is 5.75 Å². The van der Waals surface area contributed by atoms with Gasteiger partial charge in [0.05, 0.1) is 5.02 Å². The Bertz CT molecular complexity index is 456. The van der Waals surface area contributed by atoms with Crippen molar-refractivity contribution in [2.75, 3.05) is 19.6 Å². The van der Waals surface area contributed by atoms with Crippen LogP contribution in [-0.4, -0.2) is 35.7 Å². The molecule has 1 heterocycles. The van der Waals surface area contributed by atoms with E-state index < -0.39 is 0 Å². The maximum Gasteiger partial charge on any atom is 0.134 e. The van der Waals surface area contributed by atoms with Gasteiger partial charge in [0.25, 0.3) is 0 Å². The first-order chi connectivity index (χ1) is 9.70. The number of phenols is 1. The second kappa shape index (κ2) is 6.33. The molecule has 3 nitrogen and oxygen atoms in total. The molecule has 0 spiro atoms. The molecular weight excluding hydrogens is 272 g/mol. The standard InChI is InChI=1S/C16H23ClN2O/c17-15-8-13(5-6-16(15)20)10-19(9-12-3-4-12)11-14-2-1-7-18-14/h5-6,8,12,14,18,20H,1-4,7,9-11H2. The van der Waals surface area contributed by atoms with E-state index in [0.29, 0.717) is 11.1 Å². The number of rotatable bonds is 6. The van der Waals surface area contributed by atoms with Gasteiger partial charge < -0.3 is 10.4 Å². The molecule has 2 fully saturated rings. The van der Waals surface area contributed by atoms with Gasteiger partial charge in [0.2, 0.25) is 0 Å². The van der Waals surface area contributed by atoms with Crippen molar-refractivity contribution in [2.45, 2.75) is 38.3 Å². The van der Waals surface area contributed by atoms with Crippen LogP contribution < -0.4 is 5.32 Å². The third-order valence-corrected chi connectivity index (χ3v) is 4.58. The molecule has 1 aliphatic heterocycles. The minimum absolute atomic E-state index is 0.168. The number of aromatic hydroxyl groups is 1. The fourth-order valence-electron chi connectivity index (χ4n) is 3.00. The SMILES string of the molecule is Oc1ccc(CN(CC2CC2)CC2CCCN2)cc1Cl. The second-order valence-electron chi connectivity index (χ2n) is 6.22. The summed E-state index contributed by atoms with van der Waals surface area (Å²) in [6.45, 7) is 4.40. The van der Waals surface area contributed by atoms with Gasteiger partial charge in [-0.2, -0.15) is 0 Å². The maximum atomic E-state index is 9.51. The first-order valence-corrected chi connectivity index (χ1v) is 8.01. The number of hydrogen-bond acceptors (Lipinski definition) is 3. The minimum Gasteiger partial charge on any atom is -0.506 e. The van der Waals surface area contributed by atoms with Crippen molar-refractivity contribution in [3.8, 4) is 5.75 Å². The highest BCUT2D eigenvalue weighted by molar-refractivity contribution is 6.32. The van der Waals surface area contributed by atoms with Crippen molar-refractivity contribution in [2.24, 2.45) is 5.92 Å². The van der Waals surface area contributed by atoms with Crippen LogP contribution in [0.5, 0.6) is 5.75 Å². The summed E-state index contributed by atoms with van der Waals surface area (Å²) < 4.78 is 0. The van der Waals surface area contributed by atoms with Crippen LogP contribution in [0.3, 0.4) is 0 Å². The van der Waals surface area contributed by atoms with Crippen LogP contribution in [0.25, 0.3) is 0 Å². The van der Waals surface area contributed by atoms with Crippen molar-refractivity contribution in [1.29, 1.82) is 0 Å². The molecule has 2 aliphatic rings. The number of nitrogens with zero attached hydrogens (tertiary/aromatic N) is 1. The first-order valence-electron chi connectivity index (χ1n) is 7.64. The van der Waals surface area contributed by atoms with Crippen LogP contribution in [0, 0.1) is 5.92 Å². The fourth-order valence-corrected chi connectivity index (χ4v) is 3.20. The largest absolute Gasteiger partial charge is 0.506 e. The summed E-state index contributed by atoms with van der Waals surface area (Å²) in [7, 11) is 0. The number of benzene rings is 1. The third-order valence-electron chi connectivity index (χ3n) is 4.27. The van der Waals surface area contributed by atoms with Crippen LogP contribution in [0.4, 0.5) is 0 Å². The molecule has 3 rings (SSSR count). The van der Waals surface area contributed by atoms with Gasteiger partial charge in [0.15, 0.2) is 0 Å². The topological polar surface area (TPSA) is 35.5 Å². The molecule has 1 saturated carbocycles. The Morgan fingerprint density at radius 3 is 2.75 bits per heavy atom. The molecule has 110 valence electrons. The third kappa shape index (κ3) is 3.87. The summed E-state index contributed by atoms with van der Waals surface area (Å²) in [6, 6.07) is 6.20. The van der Waals surface area contributed by atoms with E-state index in [1.165, 1.54) is 37.8 Å². The van der Waals surface area contributed by atoms with Crippen molar-refractivity contribution in [3.63, 3.8) is 0 Å². The maximum absolute atomic E-state index is 9.51. The molecule has 1 aliphatic carbocycles. The Morgan fingerprint density at radius 2 is 2.10 bits per heavy atom. The van der Waals surface area contributed by atoms with E-state index in [9.17, 15) is 5.11 Å². The molecule has 0 radical (unpaired) electrons. The molecule has 2 N–H and O–H groups in total. The average Bonchev–Trinajstić information content (AvgIpc) is 3.08. The number of halogens is 1. The Labute approximate surface area is 125 Å². The van der Waals surface area contributed by atoms with Crippen LogP contribution in [-0.2, 0) is 6.54 Å².